The first-order valence-electron chi connectivity index (χ1n) is 9.00. The number of ether oxygens (including phenoxy) is 1. The van der Waals surface area contributed by atoms with Crippen molar-refractivity contribution < 1.29 is 14.3 Å². The molecule has 0 saturated carbocycles. The summed E-state index contributed by atoms with van der Waals surface area (Å²) >= 11 is 0. The maximum Gasteiger partial charge on any atom is 0.255 e. The summed E-state index contributed by atoms with van der Waals surface area (Å²) < 4.78 is 4.99. The quantitative estimate of drug-likeness (QED) is 0.883. The average Bonchev–Trinajstić information content (AvgIpc) is 2.67. The standard InChI is InChI=1S/C21H25N3O3/c1-23(2)18-8-4-6-16(12-18)21(26)22-17-10-9-15-7-5-11-24(19(15)13-17)20(25)14-27-3/h4,6,8-10,12-13H,5,7,11,14H2,1-3H3,(H,22,26). The van der Waals surface area contributed by atoms with Crippen LogP contribution in [0.25, 0.3) is 0 Å². The molecule has 0 radical (unpaired) electrons. The minimum atomic E-state index is -0.177. The van der Waals surface area contributed by atoms with Crippen LogP contribution in [0.3, 0.4) is 0 Å². The number of hydrogen-bond acceptors (Lipinski definition) is 4. The molecule has 2 aromatic rings. The van der Waals surface area contributed by atoms with Crippen molar-refractivity contribution in [2.45, 2.75) is 12.8 Å². The highest BCUT2D eigenvalue weighted by Gasteiger charge is 2.23. The zero-order valence-corrected chi connectivity index (χ0v) is 16.0. The van der Waals surface area contributed by atoms with Crippen LogP contribution in [0, 0.1) is 0 Å². The number of rotatable bonds is 5. The molecular formula is C21H25N3O3. The zero-order chi connectivity index (χ0) is 19.4. The number of anilines is 3. The number of carbonyl (C=O) groups excluding carboxylic acids is 2. The Hall–Kier alpha value is -2.86. The Bertz CT molecular complexity index is 848. The highest BCUT2D eigenvalue weighted by atomic mass is 16.5. The molecule has 6 heteroatoms. The topological polar surface area (TPSA) is 61.9 Å². The van der Waals surface area contributed by atoms with Crippen LogP contribution >= 0.6 is 0 Å². The van der Waals surface area contributed by atoms with E-state index in [1.54, 1.807) is 11.0 Å². The number of nitrogens with one attached hydrogen (secondary N) is 1. The number of benzene rings is 2. The molecule has 0 fully saturated rings. The average molecular weight is 367 g/mol. The molecule has 1 aliphatic rings. The van der Waals surface area contributed by atoms with E-state index in [9.17, 15) is 9.59 Å². The molecule has 3 rings (SSSR count). The molecule has 1 aliphatic heterocycles. The van der Waals surface area contributed by atoms with Crippen LogP contribution in [0.2, 0.25) is 0 Å². The van der Waals surface area contributed by atoms with Crippen LogP contribution in [0.4, 0.5) is 17.1 Å². The number of methoxy groups -OCH3 is 1. The van der Waals surface area contributed by atoms with Gasteiger partial charge in [-0.05, 0) is 48.7 Å². The number of hydrogen-bond donors (Lipinski definition) is 1. The SMILES string of the molecule is COCC(=O)N1CCCc2ccc(NC(=O)c3cccc(N(C)C)c3)cc21. The summed E-state index contributed by atoms with van der Waals surface area (Å²) in [5.74, 6) is -0.246. The molecule has 0 spiro atoms. The van der Waals surface area contributed by atoms with Crippen molar-refractivity contribution in [3.05, 3.63) is 53.6 Å². The van der Waals surface area contributed by atoms with Crippen LogP contribution < -0.4 is 15.1 Å². The van der Waals surface area contributed by atoms with Crippen molar-refractivity contribution >= 4 is 28.9 Å². The zero-order valence-electron chi connectivity index (χ0n) is 16.0. The highest BCUT2D eigenvalue weighted by molar-refractivity contribution is 6.05. The molecule has 0 bridgehead atoms. The van der Waals surface area contributed by atoms with E-state index in [1.165, 1.54) is 7.11 Å². The van der Waals surface area contributed by atoms with Gasteiger partial charge in [0.15, 0.2) is 0 Å². The smallest absolute Gasteiger partial charge is 0.255 e. The largest absolute Gasteiger partial charge is 0.378 e. The van der Waals surface area contributed by atoms with Crippen molar-refractivity contribution in [2.24, 2.45) is 0 Å². The van der Waals surface area contributed by atoms with Gasteiger partial charge in [0.2, 0.25) is 0 Å². The molecule has 0 unspecified atom stereocenters. The fourth-order valence-electron chi connectivity index (χ4n) is 3.24. The number of carbonyl (C=O) groups is 2. The van der Waals surface area contributed by atoms with E-state index in [4.69, 9.17) is 4.74 Å². The Morgan fingerprint density at radius 3 is 2.74 bits per heavy atom. The van der Waals surface area contributed by atoms with Gasteiger partial charge in [-0.25, -0.2) is 0 Å². The van der Waals surface area contributed by atoms with Crippen LogP contribution in [0.1, 0.15) is 22.3 Å². The predicted molar refractivity (Wildman–Crippen MR) is 108 cm³/mol. The monoisotopic (exact) mass is 367 g/mol. The summed E-state index contributed by atoms with van der Waals surface area (Å²) in [6.07, 6.45) is 1.84. The van der Waals surface area contributed by atoms with Crippen molar-refractivity contribution in [1.82, 2.24) is 0 Å². The molecule has 0 saturated heterocycles. The highest BCUT2D eigenvalue weighted by Crippen LogP contribution is 2.30. The molecule has 27 heavy (non-hydrogen) atoms. The number of nitrogens with zero attached hydrogens (tertiary/aromatic N) is 2. The fourth-order valence-corrected chi connectivity index (χ4v) is 3.24. The van der Waals surface area contributed by atoms with E-state index in [1.807, 2.05) is 55.4 Å². The first-order valence-corrected chi connectivity index (χ1v) is 9.00. The van der Waals surface area contributed by atoms with Crippen molar-refractivity contribution in [3.8, 4) is 0 Å². The van der Waals surface area contributed by atoms with Crippen molar-refractivity contribution in [1.29, 1.82) is 0 Å². The molecular weight excluding hydrogens is 342 g/mol. The summed E-state index contributed by atoms with van der Waals surface area (Å²) in [7, 11) is 5.39. The van der Waals surface area contributed by atoms with E-state index in [2.05, 4.69) is 5.32 Å². The number of aryl methyl sites for hydroxylation is 1. The van der Waals surface area contributed by atoms with Crippen molar-refractivity contribution in [3.63, 3.8) is 0 Å². The Balaban J connectivity index is 1.82. The third-order valence-electron chi connectivity index (χ3n) is 4.66. The van der Waals surface area contributed by atoms with Crippen LogP contribution in [0.5, 0.6) is 0 Å². The normalized spacial score (nSPS) is 13.1. The second-order valence-electron chi connectivity index (χ2n) is 6.82. The summed E-state index contributed by atoms with van der Waals surface area (Å²) in [4.78, 5) is 28.7. The van der Waals surface area contributed by atoms with Gasteiger partial charge in [-0.15, -0.1) is 0 Å². The Kier molecular flexibility index (Phi) is 5.76. The Morgan fingerprint density at radius 2 is 2.00 bits per heavy atom. The molecule has 142 valence electrons. The van der Waals surface area contributed by atoms with Gasteiger partial charge >= 0.3 is 0 Å². The van der Waals surface area contributed by atoms with Crippen LogP contribution in [0.15, 0.2) is 42.5 Å². The Morgan fingerprint density at radius 1 is 1.19 bits per heavy atom. The summed E-state index contributed by atoms with van der Waals surface area (Å²) in [6, 6.07) is 13.2. The second-order valence-corrected chi connectivity index (χ2v) is 6.82. The summed E-state index contributed by atoms with van der Waals surface area (Å²) in [5.41, 5.74) is 4.18. The maximum atomic E-state index is 12.6. The third-order valence-corrected chi connectivity index (χ3v) is 4.66. The predicted octanol–water partition coefficient (Wildman–Crippen LogP) is 2.93. The van der Waals surface area contributed by atoms with Gasteiger partial charge < -0.3 is 19.9 Å². The number of fused-ring (bicyclic) bond motifs is 1. The first-order chi connectivity index (χ1) is 13.0. The fraction of sp³-hybridized carbons (Fsp3) is 0.333. The summed E-state index contributed by atoms with van der Waals surface area (Å²) in [6.45, 7) is 0.713. The van der Waals surface area contributed by atoms with Gasteiger partial charge in [0, 0.05) is 50.4 Å². The molecule has 1 heterocycles. The lowest BCUT2D eigenvalue weighted by Gasteiger charge is -2.30. The van der Waals surface area contributed by atoms with Gasteiger partial charge in [-0.2, -0.15) is 0 Å². The number of amides is 2. The molecule has 0 aliphatic carbocycles. The van der Waals surface area contributed by atoms with E-state index >= 15 is 0 Å². The van der Waals surface area contributed by atoms with Gasteiger partial charge in [0.25, 0.3) is 11.8 Å². The summed E-state index contributed by atoms with van der Waals surface area (Å²) in [5, 5.41) is 2.94. The minimum Gasteiger partial charge on any atom is -0.378 e. The van der Waals surface area contributed by atoms with Gasteiger partial charge in [0.05, 0.1) is 0 Å². The van der Waals surface area contributed by atoms with Crippen LogP contribution in [-0.2, 0) is 16.0 Å². The van der Waals surface area contributed by atoms with Crippen molar-refractivity contribution in [2.75, 3.05) is 49.5 Å². The van der Waals surface area contributed by atoms with E-state index < -0.39 is 0 Å². The maximum absolute atomic E-state index is 12.6. The molecule has 6 nitrogen and oxygen atoms in total. The first kappa shape index (κ1) is 18.9. The molecule has 0 aromatic heterocycles. The molecule has 0 atom stereocenters. The molecule has 2 aromatic carbocycles. The van der Waals surface area contributed by atoms with E-state index in [0.717, 1.165) is 29.8 Å². The lowest BCUT2D eigenvalue weighted by Crippen LogP contribution is -2.37. The van der Waals surface area contributed by atoms with Gasteiger partial charge in [-0.3, -0.25) is 9.59 Å². The lowest BCUT2D eigenvalue weighted by atomic mass is 10.0. The van der Waals surface area contributed by atoms with E-state index in [0.29, 0.717) is 17.8 Å². The second kappa shape index (κ2) is 8.22. The van der Waals surface area contributed by atoms with Gasteiger partial charge in [-0.1, -0.05) is 12.1 Å². The minimum absolute atomic E-state index is 0.0490. The Labute approximate surface area is 159 Å². The van der Waals surface area contributed by atoms with Gasteiger partial charge in [0.1, 0.15) is 6.61 Å². The lowest BCUT2D eigenvalue weighted by molar-refractivity contribution is -0.122. The molecule has 1 N–H and O–H groups in total. The van der Waals surface area contributed by atoms with E-state index in [-0.39, 0.29) is 18.4 Å². The third kappa shape index (κ3) is 4.28. The molecule has 2 amide bonds. The van der Waals surface area contributed by atoms with Crippen LogP contribution in [-0.4, -0.2) is 46.2 Å².